The number of hydrogen-bond donors (Lipinski definition) is 0. The Balaban J connectivity index is 2.60. The van der Waals surface area contributed by atoms with E-state index in [-0.39, 0.29) is 5.41 Å². The van der Waals surface area contributed by atoms with Crippen molar-refractivity contribution >= 4 is 34.8 Å². The van der Waals surface area contributed by atoms with Gasteiger partial charge in [-0.25, -0.2) is 0 Å². The number of hydrogen-bond acceptors (Lipinski definition) is 0. The molecule has 3 heteroatoms. The Kier molecular flexibility index (Phi) is 2.43. The van der Waals surface area contributed by atoms with Gasteiger partial charge in [0, 0.05) is 20.6 Å². The summed E-state index contributed by atoms with van der Waals surface area (Å²) >= 11 is 18.0. The minimum atomic E-state index is -0.237. The van der Waals surface area contributed by atoms with E-state index in [1.807, 2.05) is 0 Å². The van der Waals surface area contributed by atoms with Gasteiger partial charge < -0.3 is 0 Å². The summed E-state index contributed by atoms with van der Waals surface area (Å²) in [5.74, 6) is 2.76. The molecule has 0 radical (unpaired) electrons. The highest BCUT2D eigenvalue weighted by Gasteiger charge is 2.45. The van der Waals surface area contributed by atoms with E-state index in [9.17, 15) is 0 Å². The minimum Gasteiger partial charge on any atom is -0.119 e. The highest BCUT2D eigenvalue weighted by Crippen LogP contribution is 2.52. The smallest absolute Gasteiger partial charge is 0.0591 e. The quantitative estimate of drug-likeness (QED) is 0.647. The van der Waals surface area contributed by atoms with Crippen molar-refractivity contribution in [3.05, 3.63) is 32.8 Å². The van der Waals surface area contributed by atoms with Gasteiger partial charge in [0.15, 0.2) is 0 Å². The lowest BCUT2D eigenvalue weighted by atomic mass is 9.97. The van der Waals surface area contributed by atoms with Crippen LogP contribution in [0.25, 0.3) is 0 Å². The zero-order valence-electron chi connectivity index (χ0n) is 7.28. The maximum atomic E-state index is 6.07. The average Bonchev–Trinajstić information content (AvgIpc) is 2.83. The molecule has 0 saturated heterocycles. The molecule has 0 amide bonds. The van der Waals surface area contributed by atoms with Gasteiger partial charge in [0.1, 0.15) is 0 Å². The molecule has 0 atom stereocenters. The molecule has 1 aliphatic rings. The van der Waals surface area contributed by atoms with Gasteiger partial charge in [0.05, 0.1) is 5.41 Å². The molecule has 0 heterocycles. The average molecular weight is 246 g/mol. The zero-order valence-corrected chi connectivity index (χ0v) is 9.55. The van der Waals surface area contributed by atoms with Crippen molar-refractivity contribution < 1.29 is 0 Å². The molecule has 0 unspecified atom stereocenters. The maximum Gasteiger partial charge on any atom is 0.0591 e. The Morgan fingerprint density at radius 2 is 1.64 bits per heavy atom. The third-order valence-corrected chi connectivity index (χ3v) is 3.33. The van der Waals surface area contributed by atoms with E-state index in [1.54, 1.807) is 12.1 Å². The van der Waals surface area contributed by atoms with Crippen LogP contribution in [0.4, 0.5) is 0 Å². The molecule has 1 fully saturated rings. The van der Waals surface area contributed by atoms with Crippen LogP contribution in [0.3, 0.4) is 0 Å². The summed E-state index contributed by atoms with van der Waals surface area (Å²) in [6.07, 6.45) is 7.37. The predicted octanol–water partition coefficient (Wildman–Crippen LogP) is 4.31. The van der Waals surface area contributed by atoms with Crippen molar-refractivity contribution in [2.75, 3.05) is 0 Å². The summed E-state index contributed by atoms with van der Waals surface area (Å²) in [7, 11) is 0. The first-order valence-corrected chi connectivity index (χ1v) is 5.35. The second kappa shape index (κ2) is 3.35. The minimum absolute atomic E-state index is 0.237. The predicted molar refractivity (Wildman–Crippen MR) is 61.2 cm³/mol. The Labute approximate surface area is 98.2 Å². The normalized spacial score (nSPS) is 17.6. The Hall–Kier alpha value is -0.350. The zero-order chi connectivity index (χ0) is 10.3. The van der Waals surface area contributed by atoms with Gasteiger partial charge in [-0.2, -0.15) is 0 Å². The Bertz CT molecular complexity index is 402. The first-order chi connectivity index (χ1) is 6.59. The van der Waals surface area contributed by atoms with E-state index in [0.29, 0.717) is 15.1 Å². The SMILES string of the molecule is C#CC1(c2c(Cl)cc(Cl)cc2Cl)CC1. The molecule has 0 aromatic heterocycles. The molecule has 0 bridgehead atoms. The second-order valence-electron chi connectivity index (χ2n) is 3.47. The van der Waals surface area contributed by atoms with Crippen molar-refractivity contribution in [3.8, 4) is 12.3 Å². The Morgan fingerprint density at radius 1 is 1.14 bits per heavy atom. The van der Waals surface area contributed by atoms with Crippen LogP contribution in [-0.4, -0.2) is 0 Å². The van der Waals surface area contributed by atoms with E-state index in [4.69, 9.17) is 41.2 Å². The molecule has 0 aliphatic heterocycles. The summed E-state index contributed by atoms with van der Waals surface area (Å²) in [5, 5.41) is 1.67. The lowest BCUT2D eigenvalue weighted by Crippen LogP contribution is -2.04. The molecule has 1 aliphatic carbocycles. The van der Waals surface area contributed by atoms with E-state index >= 15 is 0 Å². The highest BCUT2D eigenvalue weighted by atomic mass is 35.5. The van der Waals surface area contributed by atoms with Crippen molar-refractivity contribution in [2.45, 2.75) is 18.3 Å². The van der Waals surface area contributed by atoms with Gasteiger partial charge in [-0.05, 0) is 25.0 Å². The fourth-order valence-electron chi connectivity index (χ4n) is 1.59. The molecule has 1 aromatic carbocycles. The van der Waals surface area contributed by atoms with Crippen molar-refractivity contribution in [1.29, 1.82) is 0 Å². The summed E-state index contributed by atoms with van der Waals surface area (Å²) in [5.41, 5.74) is 0.617. The van der Waals surface area contributed by atoms with Gasteiger partial charge in [0.25, 0.3) is 0 Å². The standard InChI is InChI=1S/C11H7Cl3/c1-2-11(3-4-11)10-8(13)5-7(12)6-9(10)14/h1,5-6H,3-4H2. The van der Waals surface area contributed by atoms with Crippen LogP contribution in [0.15, 0.2) is 12.1 Å². The fourth-order valence-corrected chi connectivity index (χ4v) is 2.77. The monoisotopic (exact) mass is 244 g/mol. The summed E-state index contributed by atoms with van der Waals surface area (Å²) in [4.78, 5) is 0. The van der Waals surface area contributed by atoms with Gasteiger partial charge in [-0.15, -0.1) is 6.42 Å². The maximum absolute atomic E-state index is 6.07. The van der Waals surface area contributed by atoms with Gasteiger partial charge in [-0.1, -0.05) is 40.7 Å². The van der Waals surface area contributed by atoms with Crippen LogP contribution >= 0.6 is 34.8 Å². The number of rotatable bonds is 1. The first kappa shape index (κ1) is 10.2. The van der Waals surface area contributed by atoms with Crippen LogP contribution in [0, 0.1) is 12.3 Å². The molecule has 0 nitrogen and oxygen atoms in total. The molecule has 1 saturated carbocycles. The van der Waals surface area contributed by atoms with Crippen LogP contribution < -0.4 is 0 Å². The highest BCUT2D eigenvalue weighted by molar-refractivity contribution is 6.39. The van der Waals surface area contributed by atoms with Crippen molar-refractivity contribution in [2.24, 2.45) is 0 Å². The first-order valence-electron chi connectivity index (χ1n) is 4.22. The third kappa shape index (κ3) is 1.50. The van der Waals surface area contributed by atoms with Gasteiger partial charge in [0.2, 0.25) is 0 Å². The van der Waals surface area contributed by atoms with E-state index < -0.39 is 0 Å². The van der Waals surface area contributed by atoms with E-state index in [1.165, 1.54) is 0 Å². The summed E-state index contributed by atoms with van der Waals surface area (Å²) in [6, 6.07) is 3.36. The molecular weight excluding hydrogens is 238 g/mol. The third-order valence-electron chi connectivity index (χ3n) is 2.51. The molecule has 2 rings (SSSR count). The molecule has 72 valence electrons. The number of benzene rings is 1. The second-order valence-corrected chi connectivity index (χ2v) is 4.72. The molecule has 1 aromatic rings. The number of terminal acetylenes is 1. The van der Waals surface area contributed by atoms with E-state index in [2.05, 4.69) is 5.92 Å². The van der Waals surface area contributed by atoms with Gasteiger partial charge in [-0.3, -0.25) is 0 Å². The van der Waals surface area contributed by atoms with Crippen LogP contribution in [0.5, 0.6) is 0 Å². The lowest BCUT2D eigenvalue weighted by Gasteiger charge is -2.12. The van der Waals surface area contributed by atoms with E-state index in [0.717, 1.165) is 18.4 Å². The number of halogens is 3. The largest absolute Gasteiger partial charge is 0.119 e. The van der Waals surface area contributed by atoms with Crippen LogP contribution in [0.1, 0.15) is 18.4 Å². The summed E-state index contributed by atoms with van der Waals surface area (Å²) < 4.78 is 0. The van der Waals surface area contributed by atoms with Crippen molar-refractivity contribution in [3.63, 3.8) is 0 Å². The van der Waals surface area contributed by atoms with Crippen molar-refractivity contribution in [1.82, 2.24) is 0 Å². The fraction of sp³-hybridized carbons (Fsp3) is 0.273. The lowest BCUT2D eigenvalue weighted by molar-refractivity contribution is 0.932. The van der Waals surface area contributed by atoms with Gasteiger partial charge >= 0.3 is 0 Å². The summed E-state index contributed by atoms with van der Waals surface area (Å²) in [6.45, 7) is 0. The van der Waals surface area contributed by atoms with Crippen LogP contribution in [-0.2, 0) is 5.41 Å². The molecule has 0 spiro atoms. The Morgan fingerprint density at radius 3 is 2.00 bits per heavy atom. The topological polar surface area (TPSA) is 0 Å². The molecule has 0 N–H and O–H groups in total. The van der Waals surface area contributed by atoms with Crippen LogP contribution in [0.2, 0.25) is 15.1 Å². The molecular formula is C11H7Cl3. The molecule has 14 heavy (non-hydrogen) atoms.